The third-order valence-corrected chi connectivity index (χ3v) is 5.04. The summed E-state index contributed by atoms with van der Waals surface area (Å²) in [6, 6.07) is 7.60. The highest BCUT2D eigenvalue weighted by Crippen LogP contribution is 2.16. The molecule has 1 saturated heterocycles. The first-order valence-electron chi connectivity index (χ1n) is 7.87. The number of carbonyl (C=O) groups is 1. The normalized spacial score (nSPS) is 15.2. The van der Waals surface area contributed by atoms with Crippen molar-refractivity contribution in [1.29, 1.82) is 0 Å². The van der Waals surface area contributed by atoms with Crippen molar-refractivity contribution in [2.45, 2.75) is 20.0 Å². The Kier molecular flexibility index (Phi) is 6.74. The SMILES string of the molecule is Cc1ncc(CN2CCN(C(=O)c3ccc(CN)cc3)CC2)s1.Cl. The lowest BCUT2D eigenvalue weighted by Gasteiger charge is -2.34. The van der Waals surface area contributed by atoms with E-state index in [1.165, 1.54) is 4.88 Å². The van der Waals surface area contributed by atoms with E-state index in [2.05, 4.69) is 9.88 Å². The van der Waals surface area contributed by atoms with Crippen LogP contribution in [0, 0.1) is 6.92 Å². The molecule has 3 rings (SSSR count). The zero-order valence-electron chi connectivity index (χ0n) is 13.8. The summed E-state index contributed by atoms with van der Waals surface area (Å²) in [6.07, 6.45) is 1.95. The largest absolute Gasteiger partial charge is 0.336 e. The fourth-order valence-electron chi connectivity index (χ4n) is 2.77. The zero-order valence-corrected chi connectivity index (χ0v) is 15.4. The summed E-state index contributed by atoms with van der Waals surface area (Å²) in [5, 5.41) is 1.11. The Morgan fingerprint density at radius 1 is 1.21 bits per heavy atom. The van der Waals surface area contributed by atoms with Gasteiger partial charge in [0.25, 0.3) is 5.91 Å². The highest BCUT2D eigenvalue weighted by atomic mass is 35.5. The number of rotatable bonds is 4. The van der Waals surface area contributed by atoms with Crippen LogP contribution in [-0.4, -0.2) is 46.9 Å². The number of hydrogen-bond acceptors (Lipinski definition) is 5. The summed E-state index contributed by atoms with van der Waals surface area (Å²) >= 11 is 1.75. The number of benzene rings is 1. The van der Waals surface area contributed by atoms with E-state index >= 15 is 0 Å². The van der Waals surface area contributed by atoms with Crippen LogP contribution in [0.3, 0.4) is 0 Å². The summed E-state index contributed by atoms with van der Waals surface area (Å²) in [6.45, 7) is 6.82. The Morgan fingerprint density at radius 3 is 2.42 bits per heavy atom. The quantitative estimate of drug-likeness (QED) is 0.901. The average Bonchev–Trinajstić information content (AvgIpc) is 3.00. The standard InChI is InChI=1S/C17H22N4OS.ClH/c1-13-19-11-16(23-13)12-20-6-8-21(9-7-20)17(22)15-4-2-14(10-18)3-5-15;/h2-5,11H,6-10,12,18H2,1H3;1H. The number of amides is 1. The molecule has 0 saturated carbocycles. The van der Waals surface area contributed by atoms with E-state index in [1.54, 1.807) is 11.3 Å². The summed E-state index contributed by atoms with van der Waals surface area (Å²) in [5.41, 5.74) is 7.39. The maximum atomic E-state index is 12.5. The van der Waals surface area contributed by atoms with Gasteiger partial charge in [-0.15, -0.1) is 23.7 Å². The number of nitrogens with two attached hydrogens (primary N) is 1. The molecule has 24 heavy (non-hydrogen) atoms. The highest BCUT2D eigenvalue weighted by Gasteiger charge is 2.22. The minimum atomic E-state index is 0. The lowest BCUT2D eigenvalue weighted by Crippen LogP contribution is -2.48. The Morgan fingerprint density at radius 2 is 1.88 bits per heavy atom. The molecule has 0 unspecified atom stereocenters. The number of aromatic nitrogens is 1. The van der Waals surface area contributed by atoms with Crippen molar-refractivity contribution < 1.29 is 4.79 Å². The van der Waals surface area contributed by atoms with Gasteiger partial charge in [-0.05, 0) is 24.6 Å². The molecule has 1 aliphatic rings. The first-order valence-corrected chi connectivity index (χ1v) is 8.69. The lowest BCUT2D eigenvalue weighted by atomic mass is 10.1. The number of carbonyl (C=O) groups excluding carboxylic acids is 1. The van der Waals surface area contributed by atoms with Crippen molar-refractivity contribution in [3.05, 3.63) is 51.5 Å². The molecule has 0 radical (unpaired) electrons. The van der Waals surface area contributed by atoms with Crippen LogP contribution >= 0.6 is 23.7 Å². The molecule has 1 fully saturated rings. The topological polar surface area (TPSA) is 62.5 Å². The average molecular weight is 367 g/mol. The second-order valence-corrected chi connectivity index (χ2v) is 7.13. The van der Waals surface area contributed by atoms with Gasteiger partial charge in [-0.3, -0.25) is 9.69 Å². The van der Waals surface area contributed by atoms with Crippen LogP contribution in [0.5, 0.6) is 0 Å². The number of piperazine rings is 1. The van der Waals surface area contributed by atoms with Gasteiger partial charge in [-0.25, -0.2) is 4.98 Å². The van der Waals surface area contributed by atoms with Gasteiger partial charge in [-0.2, -0.15) is 0 Å². The Balaban J connectivity index is 0.00000208. The van der Waals surface area contributed by atoms with Crippen LogP contribution in [-0.2, 0) is 13.1 Å². The van der Waals surface area contributed by atoms with Gasteiger partial charge in [0.15, 0.2) is 0 Å². The maximum absolute atomic E-state index is 12.5. The van der Waals surface area contributed by atoms with E-state index in [9.17, 15) is 4.79 Å². The van der Waals surface area contributed by atoms with Gasteiger partial charge in [0.05, 0.1) is 5.01 Å². The molecule has 1 aliphatic heterocycles. The molecule has 130 valence electrons. The molecular formula is C17H23ClN4OS. The van der Waals surface area contributed by atoms with Gasteiger partial charge in [0.2, 0.25) is 0 Å². The van der Waals surface area contributed by atoms with E-state index in [0.717, 1.165) is 48.9 Å². The van der Waals surface area contributed by atoms with Crippen molar-refractivity contribution in [3.8, 4) is 0 Å². The summed E-state index contributed by atoms with van der Waals surface area (Å²) in [5.74, 6) is 0.113. The minimum Gasteiger partial charge on any atom is -0.336 e. The number of hydrogen-bond donors (Lipinski definition) is 1. The smallest absolute Gasteiger partial charge is 0.253 e. The molecule has 2 aromatic rings. The second kappa shape index (κ2) is 8.58. The van der Waals surface area contributed by atoms with Crippen molar-refractivity contribution >= 4 is 29.7 Å². The molecule has 2 heterocycles. The first kappa shape index (κ1) is 18.9. The van der Waals surface area contributed by atoms with Crippen LogP contribution in [0.2, 0.25) is 0 Å². The Hall–Kier alpha value is -1.47. The van der Waals surface area contributed by atoms with Crippen LogP contribution in [0.4, 0.5) is 0 Å². The molecule has 2 N–H and O–H groups in total. The van der Waals surface area contributed by atoms with E-state index in [0.29, 0.717) is 6.54 Å². The van der Waals surface area contributed by atoms with E-state index < -0.39 is 0 Å². The fraction of sp³-hybridized carbons (Fsp3) is 0.412. The van der Waals surface area contributed by atoms with E-state index in [4.69, 9.17) is 5.73 Å². The van der Waals surface area contributed by atoms with Crippen molar-refractivity contribution in [2.24, 2.45) is 5.73 Å². The summed E-state index contributed by atoms with van der Waals surface area (Å²) in [4.78, 5) is 22.4. The van der Waals surface area contributed by atoms with E-state index in [1.807, 2.05) is 42.3 Å². The number of nitrogens with zero attached hydrogens (tertiary/aromatic N) is 3. The second-order valence-electron chi connectivity index (χ2n) is 5.81. The van der Waals surface area contributed by atoms with Gasteiger partial charge >= 0.3 is 0 Å². The molecule has 5 nitrogen and oxygen atoms in total. The Bertz CT molecular complexity index is 665. The third-order valence-electron chi connectivity index (χ3n) is 4.14. The fourth-order valence-corrected chi connectivity index (χ4v) is 3.61. The predicted octanol–water partition coefficient (Wildman–Crippen LogP) is 2.29. The van der Waals surface area contributed by atoms with Gasteiger partial charge in [0, 0.05) is 55.9 Å². The maximum Gasteiger partial charge on any atom is 0.253 e. The van der Waals surface area contributed by atoms with Crippen molar-refractivity contribution in [2.75, 3.05) is 26.2 Å². The predicted molar refractivity (Wildman–Crippen MR) is 99.6 cm³/mol. The molecule has 0 bridgehead atoms. The van der Waals surface area contributed by atoms with Crippen LogP contribution in [0.25, 0.3) is 0 Å². The molecular weight excluding hydrogens is 344 g/mol. The van der Waals surface area contributed by atoms with Crippen LogP contribution in [0.15, 0.2) is 30.5 Å². The molecule has 0 atom stereocenters. The van der Waals surface area contributed by atoms with Crippen molar-refractivity contribution in [1.82, 2.24) is 14.8 Å². The Labute approximate surface area is 152 Å². The van der Waals surface area contributed by atoms with Crippen molar-refractivity contribution in [3.63, 3.8) is 0 Å². The van der Waals surface area contributed by atoms with E-state index in [-0.39, 0.29) is 18.3 Å². The molecule has 0 aliphatic carbocycles. The molecule has 1 aromatic heterocycles. The van der Waals surface area contributed by atoms with Crippen LogP contribution < -0.4 is 5.73 Å². The molecule has 1 aromatic carbocycles. The molecule has 0 spiro atoms. The summed E-state index contributed by atoms with van der Waals surface area (Å²) in [7, 11) is 0. The first-order chi connectivity index (χ1) is 11.2. The van der Waals surface area contributed by atoms with Crippen LogP contribution in [0.1, 0.15) is 25.8 Å². The molecule has 7 heteroatoms. The summed E-state index contributed by atoms with van der Waals surface area (Å²) < 4.78 is 0. The van der Waals surface area contributed by atoms with Gasteiger partial charge < -0.3 is 10.6 Å². The monoisotopic (exact) mass is 366 g/mol. The number of thiazole rings is 1. The third kappa shape index (κ3) is 4.54. The minimum absolute atomic E-state index is 0. The highest BCUT2D eigenvalue weighted by molar-refractivity contribution is 7.11. The molecule has 1 amide bonds. The lowest BCUT2D eigenvalue weighted by molar-refractivity contribution is 0.0629. The van der Waals surface area contributed by atoms with Gasteiger partial charge in [0.1, 0.15) is 0 Å². The number of aryl methyl sites for hydroxylation is 1. The zero-order chi connectivity index (χ0) is 16.2. The van der Waals surface area contributed by atoms with Gasteiger partial charge in [-0.1, -0.05) is 12.1 Å². The number of halogens is 1.